The highest BCUT2D eigenvalue weighted by Crippen LogP contribution is 2.09. The first-order valence-electron chi connectivity index (χ1n) is 6.78. The number of carbonyl (C=O) groups is 1. The number of carbonyl (C=O) groups excluding carboxylic acids is 1. The molecule has 0 aromatic rings. The average Bonchev–Trinajstić information content (AvgIpc) is 2.34. The normalized spacial score (nSPS) is 9.61. The van der Waals surface area contributed by atoms with Crippen LogP contribution < -0.4 is 5.73 Å². The highest BCUT2D eigenvalue weighted by Gasteiger charge is 2.00. The van der Waals surface area contributed by atoms with E-state index in [0.29, 0.717) is 13.0 Å². The van der Waals surface area contributed by atoms with Crippen molar-refractivity contribution < 1.29 is 9.53 Å². The van der Waals surface area contributed by atoms with Gasteiger partial charge in [0.15, 0.2) is 0 Å². The molecule has 0 aliphatic rings. The summed E-state index contributed by atoms with van der Waals surface area (Å²) in [5.74, 6) is -0.104. The van der Waals surface area contributed by atoms with Crippen LogP contribution in [0.2, 0.25) is 0 Å². The zero-order chi connectivity index (χ0) is 12.8. The lowest BCUT2D eigenvalue weighted by atomic mass is 10.1. The van der Waals surface area contributed by atoms with Gasteiger partial charge in [-0.3, -0.25) is 4.79 Å². The monoisotopic (exact) mass is 277 g/mol. The molecule has 0 spiro atoms. The molecule has 0 atom stereocenters. The topological polar surface area (TPSA) is 52.3 Å². The summed E-state index contributed by atoms with van der Waals surface area (Å²) in [6.07, 6.45) is 11.7. The molecule has 0 aromatic carbocycles. The minimum absolute atomic E-state index is 0. The molecule has 0 aliphatic heterocycles. The first-order valence-corrected chi connectivity index (χ1v) is 6.78. The predicted molar refractivity (Wildman–Crippen MR) is 79.0 cm³/mol. The van der Waals surface area contributed by atoms with E-state index in [1.165, 1.54) is 32.1 Å². The van der Waals surface area contributed by atoms with E-state index in [4.69, 9.17) is 10.5 Å². The molecule has 0 amide bonds. The summed E-state index contributed by atoms with van der Waals surface area (Å²) >= 11 is 0. The second-order valence-electron chi connectivity index (χ2n) is 4.34. The number of ether oxygens (including phenoxy) is 1. The lowest BCUT2D eigenvalue weighted by Gasteiger charge is -2.02. The van der Waals surface area contributed by atoms with Gasteiger partial charge in [-0.25, -0.2) is 0 Å². The minimum atomic E-state index is -0.104. The van der Waals surface area contributed by atoms with Gasteiger partial charge in [0.1, 0.15) is 6.61 Å². The van der Waals surface area contributed by atoms with Gasteiger partial charge in [-0.05, 0) is 19.4 Å². The molecule has 108 valence electrons. The molecule has 0 aromatic heterocycles. The molecule has 4 heteroatoms. The van der Waals surface area contributed by atoms with Gasteiger partial charge in [-0.2, -0.15) is 0 Å². The van der Waals surface area contributed by atoms with E-state index >= 15 is 0 Å². The van der Waals surface area contributed by atoms with E-state index in [2.05, 4.69) is 6.58 Å². The van der Waals surface area contributed by atoms with Crippen LogP contribution in [0.5, 0.6) is 0 Å². The van der Waals surface area contributed by atoms with E-state index in [-0.39, 0.29) is 18.4 Å². The van der Waals surface area contributed by atoms with Crippen molar-refractivity contribution in [3.8, 4) is 0 Å². The number of unbranched alkanes of at least 4 members (excludes halogenated alkanes) is 7. The highest BCUT2D eigenvalue weighted by atomic mass is 35.5. The van der Waals surface area contributed by atoms with Crippen LogP contribution >= 0.6 is 12.4 Å². The maximum atomic E-state index is 11.1. The van der Waals surface area contributed by atoms with Crippen molar-refractivity contribution in [2.75, 3.05) is 13.2 Å². The molecule has 2 N–H and O–H groups in total. The lowest BCUT2D eigenvalue weighted by molar-refractivity contribution is -0.142. The number of halogens is 1. The molecule has 0 unspecified atom stereocenters. The maximum absolute atomic E-state index is 11.1. The van der Waals surface area contributed by atoms with Gasteiger partial charge < -0.3 is 10.5 Å². The summed E-state index contributed by atoms with van der Waals surface area (Å²) in [5.41, 5.74) is 5.42. The van der Waals surface area contributed by atoms with E-state index in [1.807, 2.05) is 0 Å². The summed E-state index contributed by atoms with van der Waals surface area (Å²) in [6, 6.07) is 0. The summed E-state index contributed by atoms with van der Waals surface area (Å²) in [4.78, 5) is 11.1. The van der Waals surface area contributed by atoms with Crippen LogP contribution in [0.1, 0.15) is 57.8 Å². The molecule has 0 heterocycles. The van der Waals surface area contributed by atoms with Crippen LogP contribution in [0.25, 0.3) is 0 Å². The number of hydrogen-bond acceptors (Lipinski definition) is 3. The SMILES string of the molecule is C=CCOC(=O)CCCCCCCCCCN.Cl. The number of hydrogen-bond donors (Lipinski definition) is 1. The number of rotatable bonds is 12. The molecule has 0 bridgehead atoms. The first-order chi connectivity index (χ1) is 8.31. The molecule has 18 heavy (non-hydrogen) atoms. The third-order valence-electron chi connectivity index (χ3n) is 2.70. The molecule has 0 saturated heterocycles. The molecular weight excluding hydrogens is 250 g/mol. The quantitative estimate of drug-likeness (QED) is 0.337. The van der Waals surface area contributed by atoms with Gasteiger partial charge >= 0.3 is 5.97 Å². The fraction of sp³-hybridized carbons (Fsp3) is 0.786. The smallest absolute Gasteiger partial charge is 0.306 e. The van der Waals surface area contributed by atoms with Crippen LogP contribution in [0.4, 0.5) is 0 Å². The van der Waals surface area contributed by atoms with E-state index < -0.39 is 0 Å². The largest absolute Gasteiger partial charge is 0.461 e. The van der Waals surface area contributed by atoms with E-state index in [0.717, 1.165) is 25.8 Å². The van der Waals surface area contributed by atoms with Crippen molar-refractivity contribution >= 4 is 18.4 Å². The molecule has 0 saturated carbocycles. The van der Waals surface area contributed by atoms with Gasteiger partial charge in [-0.15, -0.1) is 12.4 Å². The Morgan fingerprint density at radius 2 is 1.50 bits per heavy atom. The molecule has 0 fully saturated rings. The van der Waals surface area contributed by atoms with Crippen LogP contribution in [0.3, 0.4) is 0 Å². The predicted octanol–water partition coefficient (Wildman–Crippen LogP) is 3.61. The summed E-state index contributed by atoms with van der Waals surface area (Å²) < 4.78 is 4.89. The molecule has 3 nitrogen and oxygen atoms in total. The standard InChI is InChI=1S/C14H27NO2.ClH/c1-2-13-17-14(16)11-9-7-5-3-4-6-8-10-12-15;/h2H,1,3-13,15H2;1H. The zero-order valence-electron chi connectivity index (χ0n) is 11.4. The van der Waals surface area contributed by atoms with Crippen molar-refractivity contribution in [1.82, 2.24) is 0 Å². The minimum Gasteiger partial charge on any atom is -0.461 e. The Morgan fingerprint density at radius 1 is 1.00 bits per heavy atom. The molecule has 0 rings (SSSR count). The van der Waals surface area contributed by atoms with Gasteiger partial charge in [0.05, 0.1) is 0 Å². The molecular formula is C14H28ClNO2. The fourth-order valence-electron chi connectivity index (χ4n) is 1.70. The van der Waals surface area contributed by atoms with Crippen LogP contribution in [0.15, 0.2) is 12.7 Å². The Labute approximate surface area is 118 Å². The third-order valence-corrected chi connectivity index (χ3v) is 2.70. The van der Waals surface area contributed by atoms with Crippen molar-refractivity contribution in [2.24, 2.45) is 5.73 Å². The Balaban J connectivity index is 0. The Morgan fingerprint density at radius 3 is 2.00 bits per heavy atom. The van der Waals surface area contributed by atoms with Crippen LogP contribution in [0, 0.1) is 0 Å². The van der Waals surface area contributed by atoms with Gasteiger partial charge in [0.2, 0.25) is 0 Å². The van der Waals surface area contributed by atoms with E-state index in [9.17, 15) is 4.79 Å². The van der Waals surface area contributed by atoms with Crippen molar-refractivity contribution in [3.05, 3.63) is 12.7 Å². The van der Waals surface area contributed by atoms with Crippen LogP contribution in [-0.4, -0.2) is 19.1 Å². The second-order valence-corrected chi connectivity index (χ2v) is 4.34. The number of nitrogens with two attached hydrogens (primary N) is 1. The van der Waals surface area contributed by atoms with Gasteiger partial charge in [-0.1, -0.05) is 51.2 Å². The van der Waals surface area contributed by atoms with Gasteiger partial charge in [0.25, 0.3) is 0 Å². The molecule has 0 aliphatic carbocycles. The van der Waals surface area contributed by atoms with Crippen LogP contribution in [-0.2, 0) is 9.53 Å². The van der Waals surface area contributed by atoms with Crippen molar-refractivity contribution in [1.29, 1.82) is 0 Å². The Bertz CT molecular complexity index is 198. The van der Waals surface area contributed by atoms with Crippen molar-refractivity contribution in [2.45, 2.75) is 57.8 Å². The summed E-state index contributed by atoms with van der Waals surface area (Å²) in [5, 5.41) is 0. The average molecular weight is 278 g/mol. The van der Waals surface area contributed by atoms with E-state index in [1.54, 1.807) is 6.08 Å². The van der Waals surface area contributed by atoms with Gasteiger partial charge in [0, 0.05) is 6.42 Å². The Hall–Kier alpha value is -0.540. The second kappa shape index (κ2) is 16.5. The summed E-state index contributed by atoms with van der Waals surface area (Å²) in [7, 11) is 0. The third kappa shape index (κ3) is 15.5. The fourth-order valence-corrected chi connectivity index (χ4v) is 1.70. The Kier molecular flexibility index (Phi) is 18.1. The molecule has 0 radical (unpaired) electrons. The lowest BCUT2D eigenvalue weighted by Crippen LogP contribution is -2.03. The number of esters is 1. The highest BCUT2D eigenvalue weighted by molar-refractivity contribution is 5.85. The maximum Gasteiger partial charge on any atom is 0.306 e. The summed E-state index contributed by atoms with van der Waals surface area (Å²) in [6.45, 7) is 4.64. The van der Waals surface area contributed by atoms with Crippen molar-refractivity contribution in [3.63, 3.8) is 0 Å². The first kappa shape index (κ1) is 19.8. The zero-order valence-corrected chi connectivity index (χ0v) is 12.2.